The van der Waals surface area contributed by atoms with Crippen LogP contribution in [0.1, 0.15) is 23.2 Å². The maximum absolute atomic E-state index is 13.2. The first-order valence-corrected chi connectivity index (χ1v) is 8.74. The van der Waals surface area contributed by atoms with Crippen molar-refractivity contribution in [3.8, 4) is 0 Å². The molecule has 1 saturated heterocycles. The fourth-order valence-corrected chi connectivity index (χ4v) is 4.86. The first-order valence-electron chi connectivity index (χ1n) is 6.61. The smallest absolute Gasteiger partial charge is 0.327 e. The molecule has 1 saturated carbocycles. The van der Waals surface area contributed by atoms with Crippen LogP contribution < -0.4 is 0 Å². The number of carbonyl (C=O) groups is 2. The predicted molar refractivity (Wildman–Crippen MR) is 85.7 cm³/mol. The summed E-state index contributed by atoms with van der Waals surface area (Å²) in [5.41, 5.74) is 0.372. The van der Waals surface area contributed by atoms with E-state index in [0.717, 1.165) is 12.8 Å². The number of benzene rings is 1. The lowest BCUT2D eigenvalue weighted by Crippen LogP contribution is -2.46. The van der Waals surface area contributed by atoms with Crippen molar-refractivity contribution in [2.24, 2.45) is 5.92 Å². The summed E-state index contributed by atoms with van der Waals surface area (Å²) in [5.74, 6) is -0.883. The van der Waals surface area contributed by atoms with Crippen molar-refractivity contribution < 1.29 is 19.1 Å². The molecular weight excluding hydrogens is 408 g/mol. The summed E-state index contributed by atoms with van der Waals surface area (Å²) in [6.07, 6.45) is 2.07. The van der Waals surface area contributed by atoms with Gasteiger partial charge in [-0.25, -0.2) is 9.18 Å². The van der Waals surface area contributed by atoms with Crippen molar-refractivity contribution in [2.75, 3.05) is 5.75 Å². The molecule has 1 N–H and O–H groups in total. The van der Waals surface area contributed by atoms with Crippen molar-refractivity contribution >= 4 is 46.2 Å². The van der Waals surface area contributed by atoms with E-state index in [0.29, 0.717) is 20.8 Å². The lowest BCUT2D eigenvalue weighted by Gasteiger charge is -2.27. The zero-order chi connectivity index (χ0) is 15.1. The normalized spacial score (nSPS) is 25.1. The molecule has 0 bridgehead atoms. The summed E-state index contributed by atoms with van der Waals surface area (Å²) in [7, 11) is 0. The van der Waals surface area contributed by atoms with Gasteiger partial charge in [-0.15, -0.1) is 11.8 Å². The van der Waals surface area contributed by atoms with Gasteiger partial charge < -0.3 is 10.0 Å². The minimum Gasteiger partial charge on any atom is -0.480 e. The summed E-state index contributed by atoms with van der Waals surface area (Å²) < 4.78 is 13.7. The molecule has 4 nitrogen and oxygen atoms in total. The molecule has 1 amide bonds. The largest absolute Gasteiger partial charge is 0.480 e. The number of thioether (sulfide) groups is 1. The Labute approximate surface area is 139 Å². The number of hydrogen-bond acceptors (Lipinski definition) is 3. The first kappa shape index (κ1) is 15.1. The average Bonchev–Trinajstić information content (AvgIpc) is 3.16. The lowest BCUT2D eigenvalue weighted by atomic mass is 10.1. The highest BCUT2D eigenvalue weighted by Crippen LogP contribution is 2.46. The number of nitrogens with zero attached hydrogens (tertiary/aromatic N) is 1. The van der Waals surface area contributed by atoms with Crippen molar-refractivity contribution in [1.29, 1.82) is 0 Å². The molecule has 3 rings (SSSR count). The molecule has 2 atom stereocenters. The van der Waals surface area contributed by atoms with E-state index in [-0.39, 0.29) is 11.3 Å². The van der Waals surface area contributed by atoms with Crippen LogP contribution in [0.25, 0.3) is 0 Å². The Morgan fingerprint density at radius 1 is 1.38 bits per heavy atom. The van der Waals surface area contributed by atoms with Crippen molar-refractivity contribution in [3.63, 3.8) is 0 Å². The van der Waals surface area contributed by atoms with Gasteiger partial charge in [0.15, 0.2) is 0 Å². The number of carbonyl (C=O) groups excluding carboxylic acids is 1. The average molecular weight is 421 g/mol. The summed E-state index contributed by atoms with van der Waals surface area (Å²) in [6.45, 7) is 0. The van der Waals surface area contributed by atoms with Crippen LogP contribution in [0.15, 0.2) is 18.2 Å². The molecule has 0 spiro atoms. The molecule has 1 aliphatic carbocycles. The third-order valence-electron chi connectivity index (χ3n) is 3.74. The zero-order valence-corrected chi connectivity index (χ0v) is 13.9. The standard InChI is InChI=1S/C14H13FINO3S/c15-8-3-4-9(10(16)5-8)12(18)17-11(14(19)20)6-21-13(17)7-1-2-7/h3-5,7,11,13H,1-2,6H2,(H,19,20). The number of amides is 1. The van der Waals surface area contributed by atoms with Crippen LogP contribution >= 0.6 is 34.4 Å². The quantitative estimate of drug-likeness (QED) is 0.763. The molecule has 0 aromatic heterocycles. The fourth-order valence-electron chi connectivity index (χ4n) is 2.52. The Balaban J connectivity index is 1.93. The summed E-state index contributed by atoms with van der Waals surface area (Å²) in [4.78, 5) is 25.7. The number of carboxylic acids is 1. The zero-order valence-electron chi connectivity index (χ0n) is 11.0. The van der Waals surface area contributed by atoms with Crippen LogP contribution in [0.2, 0.25) is 0 Å². The van der Waals surface area contributed by atoms with E-state index < -0.39 is 17.8 Å². The minimum absolute atomic E-state index is 0.0700. The highest BCUT2D eigenvalue weighted by Gasteiger charge is 2.48. The number of halogens is 2. The van der Waals surface area contributed by atoms with Crippen LogP contribution in [0.3, 0.4) is 0 Å². The SMILES string of the molecule is O=C(O)C1CSC(C2CC2)N1C(=O)c1ccc(F)cc1I. The molecule has 2 unspecified atom stereocenters. The van der Waals surface area contributed by atoms with Crippen molar-refractivity contribution in [3.05, 3.63) is 33.1 Å². The van der Waals surface area contributed by atoms with Crippen LogP contribution in [-0.2, 0) is 4.79 Å². The minimum atomic E-state index is -0.976. The van der Waals surface area contributed by atoms with Crippen LogP contribution in [-0.4, -0.2) is 39.1 Å². The number of hydrogen-bond donors (Lipinski definition) is 1. The van der Waals surface area contributed by atoms with E-state index >= 15 is 0 Å². The van der Waals surface area contributed by atoms with Gasteiger partial charge in [0.1, 0.15) is 11.9 Å². The van der Waals surface area contributed by atoms with Crippen molar-refractivity contribution in [1.82, 2.24) is 4.90 Å². The molecule has 7 heteroatoms. The molecule has 21 heavy (non-hydrogen) atoms. The number of rotatable bonds is 3. The molecule has 0 radical (unpaired) electrons. The summed E-state index contributed by atoms with van der Waals surface area (Å²) in [5, 5.41) is 9.27. The van der Waals surface area contributed by atoms with Gasteiger partial charge >= 0.3 is 5.97 Å². The molecule has 1 aromatic rings. The van der Waals surface area contributed by atoms with Gasteiger partial charge in [0.05, 0.1) is 10.9 Å². The molecule has 2 aliphatic rings. The molecule has 1 heterocycles. The summed E-state index contributed by atoms with van der Waals surface area (Å²) >= 11 is 3.45. The van der Waals surface area contributed by atoms with E-state index in [1.807, 2.05) is 22.6 Å². The highest BCUT2D eigenvalue weighted by molar-refractivity contribution is 14.1. The van der Waals surface area contributed by atoms with Gasteiger partial charge in [-0.1, -0.05) is 0 Å². The number of carboxylic acid groups (broad SMARTS) is 1. The van der Waals surface area contributed by atoms with Crippen LogP contribution in [0, 0.1) is 15.3 Å². The monoisotopic (exact) mass is 421 g/mol. The van der Waals surface area contributed by atoms with E-state index in [2.05, 4.69) is 0 Å². The molecule has 1 aromatic carbocycles. The number of aliphatic carboxylic acids is 1. The van der Waals surface area contributed by atoms with Gasteiger partial charge in [-0.05, 0) is 59.5 Å². The first-order chi connectivity index (χ1) is 9.99. The van der Waals surface area contributed by atoms with Crippen LogP contribution in [0.4, 0.5) is 4.39 Å². The Morgan fingerprint density at radius 3 is 2.67 bits per heavy atom. The second-order valence-electron chi connectivity index (χ2n) is 5.25. The molecule has 1 aliphatic heterocycles. The summed E-state index contributed by atoms with van der Waals surface area (Å²) in [6, 6.07) is 3.17. The van der Waals surface area contributed by atoms with E-state index in [1.54, 1.807) is 0 Å². The fraction of sp³-hybridized carbons (Fsp3) is 0.429. The predicted octanol–water partition coefficient (Wildman–Crippen LogP) is 2.81. The third-order valence-corrected chi connectivity index (χ3v) is 6.10. The maximum Gasteiger partial charge on any atom is 0.327 e. The van der Waals surface area contributed by atoms with Gasteiger partial charge in [-0.2, -0.15) is 0 Å². The van der Waals surface area contributed by atoms with Gasteiger partial charge in [0, 0.05) is 9.32 Å². The second-order valence-corrected chi connectivity index (χ2v) is 7.56. The lowest BCUT2D eigenvalue weighted by molar-refractivity contribution is -0.141. The van der Waals surface area contributed by atoms with Gasteiger partial charge in [0.2, 0.25) is 0 Å². The maximum atomic E-state index is 13.2. The van der Waals surface area contributed by atoms with E-state index in [1.165, 1.54) is 34.9 Å². The second kappa shape index (κ2) is 5.75. The van der Waals surface area contributed by atoms with Gasteiger partial charge in [0.25, 0.3) is 5.91 Å². The Kier molecular flexibility index (Phi) is 4.13. The molecule has 2 fully saturated rings. The Bertz CT molecular complexity index is 608. The van der Waals surface area contributed by atoms with E-state index in [9.17, 15) is 19.1 Å². The Hall–Kier alpha value is -0.830. The Morgan fingerprint density at radius 2 is 2.10 bits per heavy atom. The van der Waals surface area contributed by atoms with Crippen LogP contribution in [0.5, 0.6) is 0 Å². The molecular formula is C14H13FINO3S. The van der Waals surface area contributed by atoms with E-state index in [4.69, 9.17) is 0 Å². The van der Waals surface area contributed by atoms with Gasteiger partial charge in [-0.3, -0.25) is 4.79 Å². The third kappa shape index (κ3) is 2.90. The molecule has 112 valence electrons. The van der Waals surface area contributed by atoms with Crippen molar-refractivity contribution in [2.45, 2.75) is 24.3 Å². The topological polar surface area (TPSA) is 57.6 Å². The highest BCUT2D eigenvalue weighted by atomic mass is 127.